The molecule has 0 atom stereocenters. The number of hydrogen-bond donors (Lipinski definition) is 2. The maximum atomic E-state index is 12.1. The van der Waals surface area contributed by atoms with Gasteiger partial charge in [-0.25, -0.2) is 18.1 Å². The highest BCUT2D eigenvalue weighted by Crippen LogP contribution is 2.17. The number of sulfonamides is 1. The van der Waals surface area contributed by atoms with E-state index in [0.29, 0.717) is 13.2 Å². The van der Waals surface area contributed by atoms with Crippen molar-refractivity contribution < 1.29 is 13.2 Å². The molecule has 2 N–H and O–H groups in total. The first-order valence-electron chi connectivity index (χ1n) is 6.20. The van der Waals surface area contributed by atoms with Crippen LogP contribution in [0, 0.1) is 0 Å². The van der Waals surface area contributed by atoms with Crippen molar-refractivity contribution in [3.63, 3.8) is 0 Å². The van der Waals surface area contributed by atoms with Crippen LogP contribution in [0.2, 0.25) is 0 Å². The molecule has 3 rings (SSSR count). The second-order valence-electron chi connectivity index (χ2n) is 4.29. The van der Waals surface area contributed by atoms with Crippen LogP contribution in [0.25, 0.3) is 0 Å². The lowest BCUT2D eigenvalue weighted by molar-refractivity contribution is 0.122. The SMILES string of the molecule is O=S(=O)(Nc1nn[nH]n1)c1ccc(N2CCOCC2)nc1. The number of rotatable bonds is 4. The van der Waals surface area contributed by atoms with Gasteiger partial charge < -0.3 is 9.64 Å². The highest BCUT2D eigenvalue weighted by Gasteiger charge is 2.18. The van der Waals surface area contributed by atoms with E-state index in [2.05, 4.69) is 30.3 Å². The Morgan fingerprint density at radius 3 is 2.71 bits per heavy atom. The minimum absolute atomic E-state index is 0.0318. The monoisotopic (exact) mass is 311 g/mol. The van der Waals surface area contributed by atoms with Gasteiger partial charge in [0.2, 0.25) is 0 Å². The van der Waals surface area contributed by atoms with Crippen LogP contribution >= 0.6 is 0 Å². The van der Waals surface area contributed by atoms with Gasteiger partial charge in [-0.1, -0.05) is 5.10 Å². The minimum Gasteiger partial charge on any atom is -0.378 e. The van der Waals surface area contributed by atoms with Crippen LogP contribution < -0.4 is 9.62 Å². The van der Waals surface area contributed by atoms with Gasteiger partial charge in [0.05, 0.1) is 13.2 Å². The molecule has 2 aromatic heterocycles. The third kappa shape index (κ3) is 3.08. The number of H-pyrrole nitrogens is 1. The molecule has 0 spiro atoms. The average molecular weight is 311 g/mol. The van der Waals surface area contributed by atoms with Gasteiger partial charge in [0, 0.05) is 19.3 Å². The lowest BCUT2D eigenvalue weighted by Crippen LogP contribution is -2.36. The van der Waals surface area contributed by atoms with Crippen molar-refractivity contribution in [1.29, 1.82) is 0 Å². The van der Waals surface area contributed by atoms with Gasteiger partial charge in [-0.15, -0.1) is 5.10 Å². The number of pyridine rings is 1. The van der Waals surface area contributed by atoms with Gasteiger partial charge in [-0.3, -0.25) is 0 Å². The molecule has 1 saturated heterocycles. The first-order chi connectivity index (χ1) is 10.1. The summed E-state index contributed by atoms with van der Waals surface area (Å²) in [5.41, 5.74) is 0. The van der Waals surface area contributed by atoms with Crippen molar-refractivity contribution in [1.82, 2.24) is 25.6 Å². The van der Waals surface area contributed by atoms with E-state index in [0.717, 1.165) is 18.9 Å². The molecule has 2 aromatic rings. The highest BCUT2D eigenvalue weighted by atomic mass is 32.2. The van der Waals surface area contributed by atoms with Gasteiger partial charge in [0.1, 0.15) is 10.7 Å². The lowest BCUT2D eigenvalue weighted by Gasteiger charge is -2.27. The zero-order valence-electron chi connectivity index (χ0n) is 10.9. The van der Waals surface area contributed by atoms with E-state index in [4.69, 9.17) is 4.74 Å². The molecular formula is C10H13N7O3S. The molecule has 0 amide bonds. The molecular weight excluding hydrogens is 298 g/mol. The van der Waals surface area contributed by atoms with Crippen LogP contribution in [0.4, 0.5) is 11.8 Å². The summed E-state index contributed by atoms with van der Waals surface area (Å²) in [6.45, 7) is 2.75. The third-order valence-corrected chi connectivity index (χ3v) is 4.25. The molecule has 112 valence electrons. The summed E-state index contributed by atoms with van der Waals surface area (Å²) in [5, 5.41) is 12.5. The Kier molecular flexibility index (Phi) is 3.66. The summed E-state index contributed by atoms with van der Waals surface area (Å²) in [5.74, 6) is 0.601. The molecule has 0 saturated carbocycles. The summed E-state index contributed by atoms with van der Waals surface area (Å²) in [6, 6.07) is 3.15. The number of hydrogen-bond acceptors (Lipinski definition) is 8. The first kappa shape index (κ1) is 13.7. The van der Waals surface area contributed by atoms with Crippen molar-refractivity contribution in [3.8, 4) is 0 Å². The predicted molar refractivity (Wildman–Crippen MR) is 72.3 cm³/mol. The Balaban J connectivity index is 1.76. The smallest absolute Gasteiger partial charge is 0.276 e. The second kappa shape index (κ2) is 5.61. The average Bonchev–Trinajstić information content (AvgIpc) is 3.00. The van der Waals surface area contributed by atoms with Gasteiger partial charge in [0.15, 0.2) is 0 Å². The van der Waals surface area contributed by atoms with Crippen LogP contribution in [-0.2, 0) is 14.8 Å². The number of ether oxygens (including phenoxy) is 1. The van der Waals surface area contributed by atoms with E-state index in [1.807, 2.05) is 4.90 Å². The molecule has 0 radical (unpaired) electrons. The standard InChI is InChI=1S/C10H13N7O3S/c18-21(19,14-10-12-15-16-13-10)8-1-2-9(11-7-8)17-3-5-20-6-4-17/h1-2,7H,3-6H2,(H2,12,13,14,15,16). The molecule has 0 aromatic carbocycles. The molecule has 21 heavy (non-hydrogen) atoms. The molecule has 0 aliphatic carbocycles. The van der Waals surface area contributed by atoms with E-state index >= 15 is 0 Å². The zero-order chi connectivity index (χ0) is 14.7. The summed E-state index contributed by atoms with van der Waals surface area (Å²) < 4.78 is 31.6. The van der Waals surface area contributed by atoms with Crippen LogP contribution in [-0.4, -0.2) is 60.3 Å². The number of nitrogens with zero attached hydrogens (tertiary/aromatic N) is 5. The van der Waals surface area contributed by atoms with E-state index < -0.39 is 10.0 Å². The fourth-order valence-electron chi connectivity index (χ4n) is 1.90. The van der Waals surface area contributed by atoms with Crippen LogP contribution in [0.3, 0.4) is 0 Å². The van der Waals surface area contributed by atoms with Crippen molar-refractivity contribution in [2.75, 3.05) is 35.9 Å². The highest BCUT2D eigenvalue weighted by molar-refractivity contribution is 7.92. The summed E-state index contributed by atoms with van der Waals surface area (Å²) in [7, 11) is -3.77. The molecule has 3 heterocycles. The Morgan fingerprint density at radius 2 is 2.10 bits per heavy atom. The van der Waals surface area contributed by atoms with Gasteiger partial charge in [-0.2, -0.15) is 5.21 Å². The fraction of sp³-hybridized carbons (Fsp3) is 0.400. The van der Waals surface area contributed by atoms with Crippen molar-refractivity contribution >= 4 is 21.8 Å². The zero-order valence-corrected chi connectivity index (χ0v) is 11.7. The van der Waals surface area contributed by atoms with E-state index in [9.17, 15) is 8.42 Å². The second-order valence-corrected chi connectivity index (χ2v) is 5.97. The van der Waals surface area contributed by atoms with Gasteiger partial charge >= 0.3 is 0 Å². The number of aromatic nitrogens is 5. The summed E-state index contributed by atoms with van der Waals surface area (Å²) in [6.07, 6.45) is 1.30. The molecule has 1 fully saturated rings. The van der Waals surface area contributed by atoms with Gasteiger partial charge in [0.25, 0.3) is 16.0 Å². The topological polar surface area (TPSA) is 126 Å². The number of morpholine rings is 1. The van der Waals surface area contributed by atoms with E-state index in [-0.39, 0.29) is 10.8 Å². The fourth-order valence-corrected chi connectivity index (χ4v) is 2.78. The van der Waals surface area contributed by atoms with E-state index in [1.165, 1.54) is 12.3 Å². The van der Waals surface area contributed by atoms with Crippen molar-refractivity contribution in [3.05, 3.63) is 18.3 Å². The van der Waals surface area contributed by atoms with E-state index in [1.54, 1.807) is 6.07 Å². The van der Waals surface area contributed by atoms with Crippen LogP contribution in [0.5, 0.6) is 0 Å². The Hall–Kier alpha value is -2.27. The molecule has 1 aliphatic rings. The normalized spacial score (nSPS) is 15.9. The lowest BCUT2D eigenvalue weighted by atomic mass is 10.4. The number of anilines is 2. The Labute approximate surface area is 120 Å². The first-order valence-corrected chi connectivity index (χ1v) is 7.68. The van der Waals surface area contributed by atoms with Gasteiger partial charge in [-0.05, 0) is 17.3 Å². The van der Waals surface area contributed by atoms with Crippen molar-refractivity contribution in [2.45, 2.75) is 4.90 Å². The maximum Gasteiger partial charge on any atom is 0.276 e. The maximum absolute atomic E-state index is 12.1. The Morgan fingerprint density at radius 1 is 1.29 bits per heavy atom. The Bertz CT molecular complexity index is 680. The largest absolute Gasteiger partial charge is 0.378 e. The quantitative estimate of drug-likeness (QED) is 0.754. The third-order valence-electron chi connectivity index (χ3n) is 2.94. The van der Waals surface area contributed by atoms with Crippen LogP contribution in [0.1, 0.15) is 0 Å². The molecule has 1 aliphatic heterocycles. The predicted octanol–water partition coefficient (Wildman–Crippen LogP) is -0.768. The van der Waals surface area contributed by atoms with Crippen LogP contribution in [0.15, 0.2) is 23.2 Å². The molecule has 0 unspecified atom stereocenters. The number of nitrogens with one attached hydrogen (secondary N) is 2. The molecule has 10 nitrogen and oxygen atoms in total. The van der Waals surface area contributed by atoms with Crippen molar-refractivity contribution in [2.24, 2.45) is 0 Å². The number of aromatic amines is 1. The number of tetrazole rings is 1. The summed E-state index contributed by atoms with van der Waals surface area (Å²) >= 11 is 0. The summed E-state index contributed by atoms with van der Waals surface area (Å²) in [4.78, 5) is 6.25. The molecule has 11 heteroatoms. The molecule has 0 bridgehead atoms. The minimum atomic E-state index is -3.77.